The number of nitrogens with one attached hydrogen (secondary N) is 1. The molecule has 1 aromatic heterocycles. The number of nitrogens with zero attached hydrogens (tertiary/aromatic N) is 2. The van der Waals surface area contributed by atoms with E-state index in [9.17, 15) is 0 Å². The molecule has 3 nitrogen and oxygen atoms in total. The maximum absolute atomic E-state index is 4.49. The van der Waals surface area contributed by atoms with Crippen molar-refractivity contribution < 1.29 is 0 Å². The van der Waals surface area contributed by atoms with Gasteiger partial charge < -0.3 is 9.88 Å². The van der Waals surface area contributed by atoms with Crippen LogP contribution in [-0.4, -0.2) is 16.1 Å². The van der Waals surface area contributed by atoms with Crippen molar-refractivity contribution in [3.63, 3.8) is 0 Å². The van der Waals surface area contributed by atoms with Crippen LogP contribution < -0.4 is 5.32 Å². The maximum atomic E-state index is 4.49. The topological polar surface area (TPSA) is 29.9 Å². The van der Waals surface area contributed by atoms with Gasteiger partial charge in [-0.3, -0.25) is 0 Å². The lowest BCUT2D eigenvalue weighted by Gasteiger charge is -2.09. The number of allylic oxidation sites excluding steroid dienone is 1. The zero-order valence-electron chi connectivity index (χ0n) is 11.7. The lowest BCUT2D eigenvalue weighted by atomic mass is 10.1. The van der Waals surface area contributed by atoms with Crippen molar-refractivity contribution in [2.24, 2.45) is 0 Å². The van der Waals surface area contributed by atoms with Crippen molar-refractivity contribution in [2.75, 3.05) is 11.9 Å². The molecule has 100 valence electrons. The Balaban J connectivity index is 1.96. The molecular formula is C16H21N3. The van der Waals surface area contributed by atoms with E-state index >= 15 is 0 Å². The number of anilines is 1. The summed E-state index contributed by atoms with van der Waals surface area (Å²) >= 11 is 0. The Labute approximate surface area is 115 Å². The first-order valence-electron chi connectivity index (χ1n) is 6.63. The van der Waals surface area contributed by atoms with E-state index in [1.807, 2.05) is 19.2 Å². The van der Waals surface area contributed by atoms with Crippen molar-refractivity contribution in [1.82, 2.24) is 9.55 Å². The van der Waals surface area contributed by atoms with Crippen molar-refractivity contribution in [3.8, 4) is 0 Å². The van der Waals surface area contributed by atoms with E-state index in [1.165, 1.54) is 11.1 Å². The first kappa shape index (κ1) is 13.4. The summed E-state index contributed by atoms with van der Waals surface area (Å²) in [6, 6.07) is 8.49. The van der Waals surface area contributed by atoms with Gasteiger partial charge in [0.15, 0.2) is 0 Å². The summed E-state index contributed by atoms with van der Waals surface area (Å²) in [5.41, 5.74) is 3.75. The molecule has 0 radical (unpaired) electrons. The predicted molar refractivity (Wildman–Crippen MR) is 80.5 cm³/mol. The van der Waals surface area contributed by atoms with Crippen molar-refractivity contribution in [1.29, 1.82) is 0 Å². The molecule has 1 heterocycles. The molecule has 0 atom stereocenters. The van der Waals surface area contributed by atoms with E-state index in [2.05, 4.69) is 52.6 Å². The third-order valence-corrected chi connectivity index (χ3v) is 3.16. The monoisotopic (exact) mass is 255 g/mol. The van der Waals surface area contributed by atoms with Gasteiger partial charge in [0.05, 0.1) is 5.69 Å². The molecule has 0 fully saturated rings. The zero-order valence-corrected chi connectivity index (χ0v) is 11.7. The summed E-state index contributed by atoms with van der Waals surface area (Å²) in [5, 5.41) is 3.40. The highest BCUT2D eigenvalue weighted by molar-refractivity contribution is 5.31. The minimum atomic E-state index is 0.785. The molecule has 0 aliphatic heterocycles. The van der Waals surface area contributed by atoms with Crippen LogP contribution in [0.5, 0.6) is 0 Å². The average molecular weight is 255 g/mol. The van der Waals surface area contributed by atoms with Crippen LogP contribution in [0, 0.1) is 13.8 Å². The van der Waals surface area contributed by atoms with Crippen LogP contribution in [0.3, 0.4) is 0 Å². The normalized spacial score (nSPS) is 10.4. The Morgan fingerprint density at radius 2 is 2.11 bits per heavy atom. The second kappa shape index (κ2) is 6.23. The first-order valence-corrected chi connectivity index (χ1v) is 6.63. The molecule has 0 saturated heterocycles. The van der Waals surface area contributed by atoms with Crippen molar-refractivity contribution in [3.05, 3.63) is 59.9 Å². The van der Waals surface area contributed by atoms with Gasteiger partial charge in [0.2, 0.25) is 5.95 Å². The van der Waals surface area contributed by atoms with E-state index in [1.54, 1.807) is 0 Å². The minimum absolute atomic E-state index is 0.785. The van der Waals surface area contributed by atoms with Gasteiger partial charge in [0, 0.05) is 19.3 Å². The summed E-state index contributed by atoms with van der Waals surface area (Å²) in [6.45, 7) is 9.60. The smallest absolute Gasteiger partial charge is 0.203 e. The lowest BCUT2D eigenvalue weighted by Crippen LogP contribution is -2.10. The summed E-state index contributed by atoms with van der Waals surface area (Å²) in [6.07, 6.45) is 4.93. The molecule has 2 aromatic rings. The van der Waals surface area contributed by atoms with Gasteiger partial charge in [0.25, 0.3) is 0 Å². The molecular weight excluding hydrogens is 234 g/mol. The molecule has 19 heavy (non-hydrogen) atoms. The third-order valence-electron chi connectivity index (χ3n) is 3.16. The molecule has 0 saturated carbocycles. The van der Waals surface area contributed by atoms with E-state index in [0.29, 0.717) is 0 Å². The van der Waals surface area contributed by atoms with E-state index < -0.39 is 0 Å². The van der Waals surface area contributed by atoms with Gasteiger partial charge >= 0.3 is 0 Å². The molecule has 0 amide bonds. The maximum Gasteiger partial charge on any atom is 0.203 e. The van der Waals surface area contributed by atoms with Crippen LogP contribution in [0.25, 0.3) is 0 Å². The van der Waals surface area contributed by atoms with E-state index in [-0.39, 0.29) is 0 Å². The Morgan fingerprint density at radius 1 is 1.32 bits per heavy atom. The van der Waals surface area contributed by atoms with Crippen molar-refractivity contribution in [2.45, 2.75) is 26.8 Å². The molecule has 0 bridgehead atoms. The molecule has 1 aromatic carbocycles. The quantitative estimate of drug-likeness (QED) is 0.802. The van der Waals surface area contributed by atoms with Crippen LogP contribution >= 0.6 is 0 Å². The number of imidazole rings is 1. The van der Waals surface area contributed by atoms with Gasteiger partial charge in [-0.15, -0.1) is 6.58 Å². The second-order valence-electron chi connectivity index (χ2n) is 4.75. The number of rotatable bonds is 6. The Kier molecular flexibility index (Phi) is 4.39. The number of hydrogen-bond acceptors (Lipinski definition) is 2. The van der Waals surface area contributed by atoms with Gasteiger partial charge in [-0.05, 0) is 31.4 Å². The standard InChI is InChI=1S/C16H21N3/c1-4-11-19-12-14(3)18-16(19)17-10-9-15-8-6-5-7-13(15)2/h4-8,12H,1,9-11H2,2-3H3,(H,17,18). The number of aromatic nitrogens is 2. The van der Waals surface area contributed by atoms with Crippen LogP contribution in [-0.2, 0) is 13.0 Å². The van der Waals surface area contributed by atoms with Gasteiger partial charge in [0.1, 0.15) is 0 Å². The fraction of sp³-hybridized carbons (Fsp3) is 0.312. The highest BCUT2D eigenvalue weighted by Gasteiger charge is 2.04. The SMILES string of the molecule is C=CCn1cc(C)nc1NCCc1ccccc1C. The Morgan fingerprint density at radius 3 is 2.84 bits per heavy atom. The number of hydrogen-bond donors (Lipinski definition) is 1. The summed E-state index contributed by atoms with van der Waals surface area (Å²) in [4.78, 5) is 4.49. The number of benzene rings is 1. The summed E-state index contributed by atoms with van der Waals surface area (Å²) in [7, 11) is 0. The molecule has 0 unspecified atom stereocenters. The zero-order chi connectivity index (χ0) is 13.7. The largest absolute Gasteiger partial charge is 0.355 e. The lowest BCUT2D eigenvalue weighted by molar-refractivity contribution is 0.816. The molecule has 0 aliphatic rings. The van der Waals surface area contributed by atoms with Gasteiger partial charge in [-0.2, -0.15) is 0 Å². The predicted octanol–water partition coefficient (Wildman–Crippen LogP) is 3.34. The third kappa shape index (κ3) is 3.47. The van der Waals surface area contributed by atoms with Gasteiger partial charge in [-0.25, -0.2) is 4.98 Å². The van der Waals surface area contributed by atoms with E-state index in [0.717, 1.165) is 31.2 Å². The first-order chi connectivity index (χ1) is 9.20. The highest BCUT2D eigenvalue weighted by atomic mass is 15.2. The van der Waals surface area contributed by atoms with Crippen LogP contribution in [0.4, 0.5) is 5.95 Å². The fourth-order valence-corrected chi connectivity index (χ4v) is 2.17. The summed E-state index contributed by atoms with van der Waals surface area (Å²) in [5.74, 6) is 0.922. The fourth-order valence-electron chi connectivity index (χ4n) is 2.17. The molecule has 0 aliphatic carbocycles. The van der Waals surface area contributed by atoms with Crippen LogP contribution in [0.1, 0.15) is 16.8 Å². The van der Waals surface area contributed by atoms with E-state index in [4.69, 9.17) is 0 Å². The molecule has 1 N–H and O–H groups in total. The highest BCUT2D eigenvalue weighted by Crippen LogP contribution is 2.11. The van der Waals surface area contributed by atoms with Crippen LogP contribution in [0.2, 0.25) is 0 Å². The number of aryl methyl sites for hydroxylation is 2. The van der Waals surface area contributed by atoms with Gasteiger partial charge in [-0.1, -0.05) is 30.3 Å². The van der Waals surface area contributed by atoms with Crippen molar-refractivity contribution >= 4 is 5.95 Å². The molecule has 0 spiro atoms. The molecule has 2 rings (SSSR count). The second-order valence-corrected chi connectivity index (χ2v) is 4.75. The Hall–Kier alpha value is -2.03. The summed E-state index contributed by atoms with van der Waals surface area (Å²) < 4.78 is 2.08. The Bertz CT molecular complexity index is 555. The average Bonchev–Trinajstić information content (AvgIpc) is 2.73. The van der Waals surface area contributed by atoms with Crippen LogP contribution in [0.15, 0.2) is 43.1 Å². The minimum Gasteiger partial charge on any atom is -0.355 e. The molecule has 3 heteroatoms.